The Morgan fingerprint density at radius 1 is 1.21 bits per heavy atom. The van der Waals surface area contributed by atoms with E-state index in [0.717, 1.165) is 5.69 Å². The molecule has 2 amide bonds. The minimum atomic E-state index is -0.239. The van der Waals surface area contributed by atoms with Gasteiger partial charge in [0.25, 0.3) is 5.91 Å². The summed E-state index contributed by atoms with van der Waals surface area (Å²) in [6, 6.07) is 7.32. The van der Waals surface area contributed by atoms with Crippen LogP contribution in [0.2, 0.25) is 5.02 Å². The standard InChI is InChI=1S/C18H18ClN5O2S2/c1-10-15(16(26)24(2)3)28-18(20-10)23-14(25)8-13-9-27-17(22-13)21-12-6-4-5-11(19)7-12/h4-7,9H,8H2,1-3H3,(H,21,22)(H,20,23,25). The van der Waals surface area contributed by atoms with Crippen molar-refractivity contribution in [1.29, 1.82) is 0 Å². The molecule has 0 saturated heterocycles. The molecule has 2 heterocycles. The number of benzene rings is 1. The molecule has 0 atom stereocenters. The summed E-state index contributed by atoms with van der Waals surface area (Å²) >= 11 is 8.54. The molecule has 2 aromatic heterocycles. The number of nitrogens with zero attached hydrogens (tertiary/aromatic N) is 3. The first-order chi connectivity index (χ1) is 13.3. The number of carbonyl (C=O) groups is 2. The van der Waals surface area contributed by atoms with E-state index in [1.165, 1.54) is 27.6 Å². The van der Waals surface area contributed by atoms with E-state index in [9.17, 15) is 9.59 Å². The number of carbonyl (C=O) groups excluding carboxylic acids is 2. The molecule has 0 bridgehead atoms. The smallest absolute Gasteiger partial charge is 0.265 e. The van der Waals surface area contributed by atoms with E-state index >= 15 is 0 Å². The van der Waals surface area contributed by atoms with Crippen molar-refractivity contribution >= 4 is 62.0 Å². The number of hydrogen-bond donors (Lipinski definition) is 2. The van der Waals surface area contributed by atoms with Crippen molar-refractivity contribution in [3.05, 3.63) is 50.9 Å². The van der Waals surface area contributed by atoms with Gasteiger partial charge in [-0.15, -0.1) is 11.3 Å². The molecule has 1 aromatic carbocycles. The Balaban J connectivity index is 1.61. The molecule has 3 rings (SSSR count). The Morgan fingerprint density at radius 3 is 2.71 bits per heavy atom. The lowest BCUT2D eigenvalue weighted by molar-refractivity contribution is -0.115. The lowest BCUT2D eigenvalue weighted by atomic mass is 10.3. The van der Waals surface area contributed by atoms with Crippen LogP contribution in [-0.4, -0.2) is 40.8 Å². The van der Waals surface area contributed by atoms with E-state index in [4.69, 9.17) is 11.6 Å². The predicted molar refractivity (Wildman–Crippen MR) is 114 cm³/mol. The van der Waals surface area contributed by atoms with Crippen molar-refractivity contribution in [2.24, 2.45) is 0 Å². The fourth-order valence-electron chi connectivity index (χ4n) is 2.31. The zero-order valence-electron chi connectivity index (χ0n) is 15.4. The van der Waals surface area contributed by atoms with Crippen LogP contribution >= 0.6 is 34.3 Å². The molecule has 0 saturated carbocycles. The molecular formula is C18H18ClN5O2S2. The van der Waals surface area contributed by atoms with Crippen LogP contribution in [0.15, 0.2) is 29.6 Å². The molecule has 0 unspecified atom stereocenters. The van der Waals surface area contributed by atoms with Crippen LogP contribution in [0.5, 0.6) is 0 Å². The molecule has 2 N–H and O–H groups in total. The number of thiazole rings is 2. The Kier molecular flexibility index (Phi) is 6.28. The lowest BCUT2D eigenvalue weighted by Crippen LogP contribution is -2.21. The van der Waals surface area contributed by atoms with Crippen LogP contribution in [0.3, 0.4) is 0 Å². The Morgan fingerprint density at radius 2 is 2.00 bits per heavy atom. The second kappa shape index (κ2) is 8.68. The minimum absolute atomic E-state index is 0.114. The van der Waals surface area contributed by atoms with E-state index in [1.807, 2.05) is 17.5 Å². The molecule has 0 fully saturated rings. The van der Waals surface area contributed by atoms with Crippen LogP contribution in [-0.2, 0) is 11.2 Å². The zero-order chi connectivity index (χ0) is 20.3. The van der Waals surface area contributed by atoms with Gasteiger partial charge in [-0.25, -0.2) is 9.97 Å². The van der Waals surface area contributed by atoms with E-state index in [1.54, 1.807) is 33.2 Å². The van der Waals surface area contributed by atoms with E-state index in [-0.39, 0.29) is 18.2 Å². The number of rotatable bonds is 6. The first-order valence-corrected chi connectivity index (χ1v) is 10.3. The third-order valence-electron chi connectivity index (χ3n) is 3.61. The van der Waals surface area contributed by atoms with Crippen molar-refractivity contribution < 1.29 is 9.59 Å². The second-order valence-corrected chi connectivity index (χ2v) is 8.43. The number of hydrogen-bond acceptors (Lipinski definition) is 7. The second-order valence-electron chi connectivity index (χ2n) is 6.14. The quantitative estimate of drug-likeness (QED) is 0.606. The van der Waals surface area contributed by atoms with E-state index < -0.39 is 0 Å². The summed E-state index contributed by atoms with van der Waals surface area (Å²) in [4.78, 5) is 35.1. The number of halogens is 1. The number of anilines is 3. The van der Waals surface area contributed by atoms with Gasteiger partial charge in [-0.1, -0.05) is 29.0 Å². The largest absolute Gasteiger partial charge is 0.344 e. The molecule has 0 radical (unpaired) electrons. The van der Waals surface area contributed by atoms with Gasteiger partial charge in [0.05, 0.1) is 17.8 Å². The van der Waals surface area contributed by atoms with Crippen molar-refractivity contribution in [3.63, 3.8) is 0 Å². The highest BCUT2D eigenvalue weighted by molar-refractivity contribution is 7.17. The summed E-state index contributed by atoms with van der Waals surface area (Å²) < 4.78 is 0. The molecule has 28 heavy (non-hydrogen) atoms. The van der Waals surface area contributed by atoms with Gasteiger partial charge < -0.3 is 15.5 Å². The summed E-state index contributed by atoms with van der Waals surface area (Å²) in [6.45, 7) is 1.75. The highest BCUT2D eigenvalue weighted by atomic mass is 35.5. The number of nitrogens with one attached hydrogen (secondary N) is 2. The van der Waals surface area contributed by atoms with Gasteiger partial charge in [-0.05, 0) is 25.1 Å². The predicted octanol–water partition coefficient (Wildman–Crippen LogP) is 4.19. The summed E-state index contributed by atoms with van der Waals surface area (Å²) in [5.41, 5.74) is 2.07. The third-order valence-corrected chi connectivity index (χ3v) is 5.72. The van der Waals surface area contributed by atoms with Gasteiger partial charge in [0, 0.05) is 30.2 Å². The first kappa shape index (κ1) is 20.2. The summed E-state index contributed by atoms with van der Waals surface area (Å²) in [5.74, 6) is -0.371. The van der Waals surface area contributed by atoms with Crippen LogP contribution in [0.1, 0.15) is 21.1 Å². The van der Waals surface area contributed by atoms with E-state index in [0.29, 0.717) is 31.6 Å². The molecule has 0 aliphatic heterocycles. The van der Waals surface area contributed by atoms with Crippen LogP contribution in [0.4, 0.5) is 16.0 Å². The zero-order valence-corrected chi connectivity index (χ0v) is 17.8. The van der Waals surface area contributed by atoms with Crippen molar-refractivity contribution in [2.45, 2.75) is 13.3 Å². The topological polar surface area (TPSA) is 87.2 Å². The molecular weight excluding hydrogens is 418 g/mol. The Hall–Kier alpha value is -2.49. The maximum Gasteiger partial charge on any atom is 0.265 e. The van der Waals surface area contributed by atoms with Crippen molar-refractivity contribution in [2.75, 3.05) is 24.7 Å². The molecule has 3 aromatic rings. The Labute approximate surface area is 175 Å². The van der Waals surface area contributed by atoms with Crippen LogP contribution in [0, 0.1) is 6.92 Å². The van der Waals surface area contributed by atoms with Gasteiger partial charge in [-0.2, -0.15) is 0 Å². The van der Waals surface area contributed by atoms with Gasteiger partial charge in [-0.3, -0.25) is 9.59 Å². The highest BCUT2D eigenvalue weighted by Crippen LogP contribution is 2.25. The van der Waals surface area contributed by atoms with Gasteiger partial charge >= 0.3 is 0 Å². The minimum Gasteiger partial charge on any atom is -0.344 e. The van der Waals surface area contributed by atoms with Gasteiger partial charge in [0.15, 0.2) is 10.3 Å². The van der Waals surface area contributed by atoms with Crippen molar-refractivity contribution in [1.82, 2.24) is 14.9 Å². The molecule has 10 heteroatoms. The average molecular weight is 436 g/mol. The highest BCUT2D eigenvalue weighted by Gasteiger charge is 2.18. The maximum atomic E-state index is 12.3. The van der Waals surface area contributed by atoms with Gasteiger partial charge in [0.2, 0.25) is 5.91 Å². The summed E-state index contributed by atoms with van der Waals surface area (Å²) in [7, 11) is 3.36. The molecule has 0 aliphatic carbocycles. The van der Waals surface area contributed by atoms with Crippen LogP contribution < -0.4 is 10.6 Å². The lowest BCUT2D eigenvalue weighted by Gasteiger charge is -2.07. The first-order valence-electron chi connectivity index (χ1n) is 8.27. The fourth-order valence-corrected chi connectivity index (χ4v) is 4.24. The SMILES string of the molecule is Cc1nc(NC(=O)Cc2csc(Nc3cccc(Cl)c3)n2)sc1C(=O)N(C)C. The monoisotopic (exact) mass is 435 g/mol. The van der Waals surface area contributed by atoms with Crippen molar-refractivity contribution in [3.8, 4) is 0 Å². The van der Waals surface area contributed by atoms with E-state index in [2.05, 4.69) is 20.6 Å². The third kappa shape index (κ3) is 5.06. The Bertz CT molecular complexity index is 1020. The molecule has 7 nitrogen and oxygen atoms in total. The maximum absolute atomic E-state index is 12.3. The fraction of sp³-hybridized carbons (Fsp3) is 0.222. The summed E-state index contributed by atoms with van der Waals surface area (Å²) in [6.07, 6.45) is 0.114. The molecule has 0 spiro atoms. The number of aromatic nitrogens is 2. The van der Waals surface area contributed by atoms with Gasteiger partial charge in [0.1, 0.15) is 4.88 Å². The molecule has 146 valence electrons. The number of amides is 2. The normalized spacial score (nSPS) is 10.6. The number of aryl methyl sites for hydroxylation is 1. The molecule has 0 aliphatic rings. The van der Waals surface area contributed by atoms with Crippen LogP contribution in [0.25, 0.3) is 0 Å². The summed E-state index contributed by atoms with van der Waals surface area (Å²) in [5, 5.41) is 9.43. The average Bonchev–Trinajstić information content (AvgIpc) is 3.20.